The van der Waals surface area contributed by atoms with Crippen LogP contribution in [0.5, 0.6) is 0 Å². The van der Waals surface area contributed by atoms with E-state index in [1.54, 1.807) is 17.5 Å². The van der Waals surface area contributed by atoms with Crippen LogP contribution in [0, 0.1) is 5.82 Å². The maximum Gasteiger partial charge on any atom is 0.419 e. The number of hydrogen-bond acceptors (Lipinski definition) is 2. The van der Waals surface area contributed by atoms with Gasteiger partial charge in [-0.1, -0.05) is 12.1 Å². The van der Waals surface area contributed by atoms with Crippen molar-refractivity contribution >= 4 is 23.7 Å². The molecule has 0 aliphatic rings. The van der Waals surface area contributed by atoms with E-state index in [1.165, 1.54) is 17.4 Å². The Morgan fingerprint density at radius 2 is 1.84 bits per heavy atom. The lowest BCUT2D eigenvalue weighted by Crippen LogP contribution is -2.14. The van der Waals surface area contributed by atoms with Gasteiger partial charge in [-0.2, -0.15) is 13.2 Å². The van der Waals surface area contributed by atoms with E-state index >= 15 is 0 Å². The molecule has 1 aromatic heterocycles. The average Bonchev–Trinajstić information content (AvgIpc) is 2.80. The van der Waals surface area contributed by atoms with Gasteiger partial charge in [-0.15, -0.1) is 23.7 Å². The van der Waals surface area contributed by atoms with E-state index in [4.69, 9.17) is 5.73 Å². The molecule has 0 bridgehead atoms. The van der Waals surface area contributed by atoms with Crippen LogP contribution in [-0.2, 0) is 6.18 Å². The monoisotopic (exact) mass is 311 g/mol. The van der Waals surface area contributed by atoms with Gasteiger partial charge in [0, 0.05) is 4.88 Å². The molecule has 1 heterocycles. The number of alkyl halides is 3. The first-order valence-corrected chi connectivity index (χ1v) is 5.93. The highest BCUT2D eigenvalue weighted by molar-refractivity contribution is 7.10. The summed E-state index contributed by atoms with van der Waals surface area (Å²) in [5, 5.41) is 1.78. The molecule has 0 fully saturated rings. The summed E-state index contributed by atoms with van der Waals surface area (Å²) >= 11 is 1.34. The molecule has 1 nitrogen and oxygen atoms in total. The van der Waals surface area contributed by atoms with Crippen LogP contribution in [0.2, 0.25) is 0 Å². The molecule has 0 saturated carbocycles. The van der Waals surface area contributed by atoms with Gasteiger partial charge in [0.1, 0.15) is 5.82 Å². The van der Waals surface area contributed by atoms with Gasteiger partial charge < -0.3 is 5.73 Å². The van der Waals surface area contributed by atoms with E-state index in [0.29, 0.717) is 0 Å². The number of halogens is 5. The van der Waals surface area contributed by atoms with Crippen LogP contribution >= 0.6 is 23.7 Å². The maximum absolute atomic E-state index is 13.1. The highest BCUT2D eigenvalue weighted by atomic mass is 35.5. The van der Waals surface area contributed by atoms with E-state index in [9.17, 15) is 17.6 Å². The van der Waals surface area contributed by atoms with Crippen molar-refractivity contribution in [2.75, 3.05) is 0 Å². The summed E-state index contributed by atoms with van der Waals surface area (Å²) in [5.41, 5.74) is 4.80. The molecule has 2 aromatic rings. The van der Waals surface area contributed by atoms with E-state index in [2.05, 4.69) is 0 Å². The van der Waals surface area contributed by atoms with Gasteiger partial charge in [-0.3, -0.25) is 0 Å². The maximum atomic E-state index is 13.1. The topological polar surface area (TPSA) is 26.0 Å². The Labute approximate surface area is 117 Å². The van der Waals surface area contributed by atoms with E-state index < -0.39 is 23.6 Å². The SMILES string of the molecule is Cl.N[C@@H](c1ccc(F)c(C(F)(F)F)c1)c1cccs1. The van der Waals surface area contributed by atoms with Crippen molar-refractivity contribution in [3.63, 3.8) is 0 Å². The molecule has 1 atom stereocenters. The summed E-state index contributed by atoms with van der Waals surface area (Å²) < 4.78 is 50.8. The number of hydrogen-bond donors (Lipinski definition) is 1. The van der Waals surface area contributed by atoms with Crippen LogP contribution < -0.4 is 5.73 Å². The third kappa shape index (κ3) is 3.46. The molecule has 0 amide bonds. The van der Waals surface area contributed by atoms with Crippen LogP contribution in [0.15, 0.2) is 35.7 Å². The molecule has 0 spiro atoms. The molecule has 0 aliphatic heterocycles. The Morgan fingerprint density at radius 3 is 2.37 bits per heavy atom. The highest BCUT2D eigenvalue weighted by Crippen LogP contribution is 2.34. The van der Waals surface area contributed by atoms with E-state index in [-0.39, 0.29) is 18.0 Å². The van der Waals surface area contributed by atoms with Crippen LogP contribution in [0.4, 0.5) is 17.6 Å². The summed E-state index contributed by atoms with van der Waals surface area (Å²) in [5.74, 6) is -1.29. The summed E-state index contributed by atoms with van der Waals surface area (Å²) in [6, 6.07) is 5.65. The molecule has 7 heteroatoms. The normalized spacial score (nSPS) is 12.9. The lowest BCUT2D eigenvalue weighted by molar-refractivity contribution is -0.140. The van der Waals surface area contributed by atoms with Gasteiger partial charge in [0.25, 0.3) is 0 Å². The van der Waals surface area contributed by atoms with Crippen LogP contribution in [0.1, 0.15) is 22.0 Å². The molecular weight excluding hydrogens is 302 g/mol. The van der Waals surface area contributed by atoms with Gasteiger partial charge in [-0.05, 0) is 29.1 Å². The average molecular weight is 312 g/mol. The first-order valence-electron chi connectivity index (χ1n) is 5.05. The van der Waals surface area contributed by atoms with Gasteiger partial charge in [0.2, 0.25) is 0 Å². The smallest absolute Gasteiger partial charge is 0.320 e. The van der Waals surface area contributed by atoms with Crippen LogP contribution in [-0.4, -0.2) is 0 Å². The zero-order valence-corrected chi connectivity index (χ0v) is 11.1. The summed E-state index contributed by atoms with van der Waals surface area (Å²) in [6.07, 6.45) is -4.71. The minimum absolute atomic E-state index is 0. The van der Waals surface area contributed by atoms with Crippen molar-refractivity contribution in [2.24, 2.45) is 5.73 Å². The Morgan fingerprint density at radius 1 is 1.16 bits per heavy atom. The molecular formula is C12H10ClF4NS. The molecule has 1 aromatic carbocycles. The summed E-state index contributed by atoms with van der Waals surface area (Å²) in [4.78, 5) is 0.731. The first kappa shape index (κ1) is 15.9. The first-order chi connectivity index (χ1) is 8.39. The quantitative estimate of drug-likeness (QED) is 0.819. The molecule has 0 saturated heterocycles. The van der Waals surface area contributed by atoms with Crippen molar-refractivity contribution in [3.05, 3.63) is 57.5 Å². The van der Waals surface area contributed by atoms with Crippen molar-refractivity contribution in [2.45, 2.75) is 12.2 Å². The fourth-order valence-corrected chi connectivity index (χ4v) is 2.34. The third-order valence-electron chi connectivity index (χ3n) is 2.50. The largest absolute Gasteiger partial charge is 0.419 e. The van der Waals surface area contributed by atoms with Gasteiger partial charge >= 0.3 is 6.18 Å². The van der Waals surface area contributed by atoms with Crippen molar-refractivity contribution in [3.8, 4) is 0 Å². The van der Waals surface area contributed by atoms with E-state index in [0.717, 1.165) is 17.0 Å². The number of thiophene rings is 1. The molecule has 104 valence electrons. The number of benzene rings is 1. The predicted octanol–water partition coefficient (Wildman–Crippen LogP) is 4.38. The van der Waals surface area contributed by atoms with Crippen LogP contribution in [0.3, 0.4) is 0 Å². The van der Waals surface area contributed by atoms with Crippen molar-refractivity contribution in [1.29, 1.82) is 0 Å². The second-order valence-electron chi connectivity index (χ2n) is 3.73. The Kier molecular flexibility index (Phi) is 4.95. The fourth-order valence-electron chi connectivity index (χ4n) is 1.59. The lowest BCUT2D eigenvalue weighted by atomic mass is 10.0. The Bertz CT molecular complexity index is 539. The molecule has 2 rings (SSSR count). The molecule has 2 N–H and O–H groups in total. The molecule has 0 aliphatic carbocycles. The Balaban J connectivity index is 0.00000180. The second-order valence-corrected chi connectivity index (χ2v) is 4.71. The van der Waals surface area contributed by atoms with Crippen LogP contribution in [0.25, 0.3) is 0 Å². The van der Waals surface area contributed by atoms with Gasteiger partial charge in [0.05, 0.1) is 11.6 Å². The Hall–Kier alpha value is -1.11. The van der Waals surface area contributed by atoms with E-state index in [1.807, 2.05) is 0 Å². The fraction of sp³-hybridized carbons (Fsp3) is 0.167. The summed E-state index contributed by atoms with van der Waals surface area (Å²) in [6.45, 7) is 0. The minimum atomic E-state index is -4.71. The van der Waals surface area contributed by atoms with Crippen molar-refractivity contribution < 1.29 is 17.6 Å². The zero-order chi connectivity index (χ0) is 13.3. The van der Waals surface area contributed by atoms with Gasteiger partial charge in [0.15, 0.2) is 0 Å². The van der Waals surface area contributed by atoms with Gasteiger partial charge in [-0.25, -0.2) is 4.39 Å². The number of rotatable bonds is 2. The zero-order valence-electron chi connectivity index (χ0n) is 9.45. The molecule has 19 heavy (non-hydrogen) atoms. The summed E-state index contributed by atoms with van der Waals surface area (Å²) in [7, 11) is 0. The number of nitrogens with two attached hydrogens (primary N) is 1. The third-order valence-corrected chi connectivity index (χ3v) is 3.46. The highest BCUT2D eigenvalue weighted by Gasteiger charge is 2.34. The second kappa shape index (κ2) is 5.90. The predicted molar refractivity (Wildman–Crippen MR) is 69.0 cm³/mol. The lowest BCUT2D eigenvalue weighted by Gasteiger charge is -2.14. The molecule has 0 unspecified atom stereocenters. The van der Waals surface area contributed by atoms with Crippen molar-refractivity contribution in [1.82, 2.24) is 0 Å². The minimum Gasteiger partial charge on any atom is -0.320 e. The standard InChI is InChI=1S/C12H9F4NS.ClH/c13-9-4-3-7(6-8(9)12(14,15)16)11(17)10-2-1-5-18-10;/h1-6,11H,17H2;1H/t11-;/m0./s1. The molecule has 0 radical (unpaired) electrons.